The molecule has 0 saturated carbocycles. The number of aliphatic hydroxyl groups excluding tert-OH is 1. The molecule has 0 bridgehead atoms. The zero-order chi connectivity index (χ0) is 13.8. The van der Waals surface area contributed by atoms with Gasteiger partial charge in [0.05, 0.1) is 22.3 Å². The van der Waals surface area contributed by atoms with Crippen LogP contribution in [0.3, 0.4) is 0 Å². The van der Waals surface area contributed by atoms with Crippen molar-refractivity contribution in [3.05, 3.63) is 35.3 Å². The van der Waals surface area contributed by atoms with E-state index in [1.54, 1.807) is 30.6 Å². The van der Waals surface area contributed by atoms with Crippen molar-refractivity contribution in [1.29, 1.82) is 0 Å². The lowest BCUT2D eigenvalue weighted by molar-refractivity contribution is -0.151. The van der Waals surface area contributed by atoms with Crippen molar-refractivity contribution in [2.24, 2.45) is 0 Å². The highest BCUT2D eigenvalue weighted by atomic mass is 32.1. The molecule has 0 aliphatic carbocycles. The Hall–Kier alpha value is -2.21. The summed E-state index contributed by atoms with van der Waals surface area (Å²) in [6, 6.07) is 5.07. The summed E-state index contributed by atoms with van der Waals surface area (Å²) in [7, 11) is 0. The molecule has 2 aromatic rings. The number of thiazole rings is 1. The average Bonchev–Trinajstić information content (AvgIpc) is 2.85. The molecule has 98 valence electrons. The maximum absolute atomic E-state index is 11.4. The lowest BCUT2D eigenvalue weighted by atomic mass is 10.1. The second-order valence-electron chi connectivity index (χ2n) is 3.65. The lowest BCUT2D eigenvalue weighted by Crippen LogP contribution is -2.15. The predicted octanol–water partition coefficient (Wildman–Crippen LogP) is 2.33. The number of carbonyl (C=O) groups excluding carboxylic acids is 2. The SMILES string of the molecule is CCOC(=O)C(=O)/C=C(\O)c1ccc2ncsc2c1. The van der Waals surface area contributed by atoms with Gasteiger partial charge in [0, 0.05) is 11.6 Å². The van der Waals surface area contributed by atoms with E-state index >= 15 is 0 Å². The summed E-state index contributed by atoms with van der Waals surface area (Å²) in [5, 5.41) is 9.82. The highest BCUT2D eigenvalue weighted by molar-refractivity contribution is 7.16. The van der Waals surface area contributed by atoms with E-state index in [0.717, 1.165) is 16.3 Å². The van der Waals surface area contributed by atoms with Gasteiger partial charge in [-0.15, -0.1) is 11.3 Å². The van der Waals surface area contributed by atoms with Crippen LogP contribution >= 0.6 is 11.3 Å². The third-order valence-electron chi connectivity index (χ3n) is 2.37. The number of rotatable bonds is 4. The van der Waals surface area contributed by atoms with E-state index in [4.69, 9.17) is 0 Å². The molecular formula is C13H11NO4S. The first-order valence-corrected chi connectivity index (χ1v) is 6.45. The second-order valence-corrected chi connectivity index (χ2v) is 4.54. The number of benzene rings is 1. The fraction of sp³-hybridized carbons (Fsp3) is 0.154. The van der Waals surface area contributed by atoms with Crippen LogP contribution in [0.4, 0.5) is 0 Å². The molecule has 1 heterocycles. The normalized spacial score (nSPS) is 11.5. The molecule has 0 radical (unpaired) electrons. The van der Waals surface area contributed by atoms with Gasteiger partial charge in [0.2, 0.25) is 0 Å². The molecule has 0 unspecified atom stereocenters. The molecule has 1 N–H and O–H groups in total. The minimum atomic E-state index is -0.979. The molecule has 0 aliphatic rings. The van der Waals surface area contributed by atoms with Crippen LogP contribution in [0.25, 0.3) is 16.0 Å². The minimum absolute atomic E-state index is 0.117. The molecule has 0 spiro atoms. The maximum Gasteiger partial charge on any atom is 0.379 e. The first kappa shape index (κ1) is 13.2. The first-order chi connectivity index (χ1) is 9.11. The minimum Gasteiger partial charge on any atom is -0.507 e. The van der Waals surface area contributed by atoms with Gasteiger partial charge < -0.3 is 9.84 Å². The van der Waals surface area contributed by atoms with Crippen molar-refractivity contribution in [1.82, 2.24) is 4.98 Å². The number of nitrogens with zero attached hydrogens (tertiary/aromatic N) is 1. The summed E-state index contributed by atoms with van der Waals surface area (Å²) in [5.74, 6) is -2.13. The Morgan fingerprint density at radius 2 is 2.26 bits per heavy atom. The van der Waals surface area contributed by atoms with E-state index in [-0.39, 0.29) is 12.4 Å². The highest BCUT2D eigenvalue weighted by Crippen LogP contribution is 2.22. The van der Waals surface area contributed by atoms with Crippen LogP contribution in [0.2, 0.25) is 0 Å². The van der Waals surface area contributed by atoms with E-state index in [2.05, 4.69) is 9.72 Å². The van der Waals surface area contributed by atoms with Crippen LogP contribution in [0.1, 0.15) is 12.5 Å². The molecule has 1 aromatic carbocycles. The summed E-state index contributed by atoms with van der Waals surface area (Å²) >= 11 is 1.43. The fourth-order valence-electron chi connectivity index (χ4n) is 1.48. The number of fused-ring (bicyclic) bond motifs is 1. The zero-order valence-electron chi connectivity index (χ0n) is 10.1. The summed E-state index contributed by atoms with van der Waals surface area (Å²) in [6.07, 6.45) is 0.861. The van der Waals surface area contributed by atoms with Gasteiger partial charge in [-0.1, -0.05) is 0 Å². The van der Waals surface area contributed by atoms with Crippen molar-refractivity contribution >= 4 is 39.1 Å². The Bertz CT molecular complexity index is 659. The lowest BCUT2D eigenvalue weighted by Gasteiger charge is -2.00. The summed E-state index contributed by atoms with van der Waals surface area (Å²) < 4.78 is 5.44. The van der Waals surface area contributed by atoms with Gasteiger partial charge in [0.25, 0.3) is 5.78 Å². The van der Waals surface area contributed by atoms with Crippen LogP contribution in [-0.2, 0) is 14.3 Å². The summed E-state index contributed by atoms with van der Waals surface area (Å²) in [6.45, 7) is 1.72. The standard InChI is InChI=1S/C13H11NO4S/c1-2-18-13(17)11(16)6-10(15)8-3-4-9-12(5-8)19-7-14-9/h3-7,15H,2H2,1H3/b10-6-. The van der Waals surface area contributed by atoms with E-state index in [1.165, 1.54) is 11.3 Å². The Labute approximate surface area is 113 Å². The number of aromatic nitrogens is 1. The van der Waals surface area contributed by atoms with E-state index in [9.17, 15) is 14.7 Å². The first-order valence-electron chi connectivity index (χ1n) is 5.57. The van der Waals surface area contributed by atoms with Crippen LogP contribution in [0, 0.1) is 0 Å². The quantitative estimate of drug-likeness (QED) is 0.402. The van der Waals surface area contributed by atoms with Gasteiger partial charge in [-0.25, -0.2) is 9.78 Å². The number of aliphatic hydroxyl groups is 1. The van der Waals surface area contributed by atoms with Crippen molar-refractivity contribution in [2.75, 3.05) is 6.61 Å². The summed E-state index contributed by atoms with van der Waals surface area (Å²) in [5.41, 5.74) is 2.96. The Balaban J connectivity index is 2.24. The molecule has 2 rings (SSSR count). The smallest absolute Gasteiger partial charge is 0.379 e. The van der Waals surface area contributed by atoms with Crippen molar-refractivity contribution in [3.63, 3.8) is 0 Å². The number of ketones is 1. The highest BCUT2D eigenvalue weighted by Gasteiger charge is 2.14. The van der Waals surface area contributed by atoms with E-state index in [1.807, 2.05) is 0 Å². The third kappa shape index (κ3) is 2.97. The summed E-state index contributed by atoms with van der Waals surface area (Å²) in [4.78, 5) is 26.7. The average molecular weight is 277 g/mol. The molecule has 1 aromatic heterocycles. The van der Waals surface area contributed by atoms with Crippen LogP contribution in [-0.4, -0.2) is 28.4 Å². The molecule has 6 heteroatoms. The maximum atomic E-state index is 11.4. The van der Waals surface area contributed by atoms with Crippen molar-refractivity contribution < 1.29 is 19.4 Å². The Kier molecular flexibility index (Phi) is 3.91. The van der Waals surface area contributed by atoms with Crippen LogP contribution < -0.4 is 0 Å². The number of ether oxygens (including phenoxy) is 1. The zero-order valence-corrected chi connectivity index (χ0v) is 10.9. The molecule has 0 fully saturated rings. The van der Waals surface area contributed by atoms with E-state index in [0.29, 0.717) is 5.56 Å². The van der Waals surface area contributed by atoms with E-state index < -0.39 is 11.8 Å². The van der Waals surface area contributed by atoms with Crippen LogP contribution in [0.15, 0.2) is 29.8 Å². The number of hydrogen-bond donors (Lipinski definition) is 1. The van der Waals surface area contributed by atoms with Gasteiger partial charge in [0.1, 0.15) is 5.76 Å². The van der Waals surface area contributed by atoms with Crippen LogP contribution in [0.5, 0.6) is 0 Å². The van der Waals surface area contributed by atoms with Gasteiger partial charge >= 0.3 is 5.97 Å². The second kappa shape index (κ2) is 5.62. The molecule has 5 nitrogen and oxygen atoms in total. The predicted molar refractivity (Wildman–Crippen MR) is 71.9 cm³/mol. The Morgan fingerprint density at radius 1 is 1.47 bits per heavy atom. The molecule has 0 saturated heterocycles. The topological polar surface area (TPSA) is 76.5 Å². The van der Waals surface area contributed by atoms with Gasteiger partial charge in [-0.05, 0) is 25.1 Å². The molecule has 0 aliphatic heterocycles. The Morgan fingerprint density at radius 3 is 3.00 bits per heavy atom. The molecular weight excluding hydrogens is 266 g/mol. The molecule has 0 atom stereocenters. The molecule has 0 amide bonds. The third-order valence-corrected chi connectivity index (χ3v) is 3.16. The largest absolute Gasteiger partial charge is 0.507 e. The number of esters is 1. The van der Waals surface area contributed by atoms with Crippen molar-refractivity contribution in [3.8, 4) is 0 Å². The fourth-order valence-corrected chi connectivity index (χ4v) is 2.20. The van der Waals surface area contributed by atoms with Gasteiger partial charge in [0.15, 0.2) is 0 Å². The monoisotopic (exact) mass is 277 g/mol. The van der Waals surface area contributed by atoms with Gasteiger partial charge in [-0.3, -0.25) is 4.79 Å². The molecule has 19 heavy (non-hydrogen) atoms. The van der Waals surface area contributed by atoms with Gasteiger partial charge in [-0.2, -0.15) is 0 Å². The number of carbonyl (C=O) groups is 2. The van der Waals surface area contributed by atoms with Crippen molar-refractivity contribution in [2.45, 2.75) is 6.92 Å². The number of hydrogen-bond acceptors (Lipinski definition) is 6.